The number of aryl methyl sites for hydroxylation is 6. The van der Waals surface area contributed by atoms with Crippen molar-refractivity contribution in [2.45, 2.75) is 132 Å². The first-order chi connectivity index (χ1) is 37.9. The van der Waals surface area contributed by atoms with Gasteiger partial charge in [0.25, 0.3) is 0 Å². The van der Waals surface area contributed by atoms with E-state index in [1.165, 1.54) is 124 Å². The molecule has 10 aromatic carbocycles. The van der Waals surface area contributed by atoms with Gasteiger partial charge in [0, 0.05) is 90.7 Å². The van der Waals surface area contributed by atoms with E-state index in [2.05, 4.69) is 260 Å². The van der Waals surface area contributed by atoms with Gasteiger partial charge in [0.05, 0.1) is 0 Å². The minimum atomic E-state index is 0.865. The summed E-state index contributed by atoms with van der Waals surface area (Å²) in [5.41, 5.74) is 11.7. The molecule has 0 nitrogen and oxygen atoms in total. The van der Waals surface area contributed by atoms with Gasteiger partial charge in [-0.05, 0) is 186 Å². The van der Waals surface area contributed by atoms with Crippen LogP contribution >= 0.6 is 106 Å². The van der Waals surface area contributed by atoms with E-state index < -0.39 is 0 Å². The minimum Gasteiger partial charge on any atom is -0.121 e. The molecule has 0 aliphatic carbocycles. The Kier molecular flexibility index (Phi) is 20.1. The molecule has 10 aromatic rings. The SMILES string of the molecule is Cc1ccc(Sc2cc(SCc3cc(CSc4cc(Sc5ccc(C)cc5)cc(Sc5ccc(C)cc5)c4)cc(CSc4cc(Sc5ccc(C)cc5)cc(Sc5ccc(C)cc5)c4)c3)cc(Sc3ccc(C)cc3)c2)cc1. The lowest BCUT2D eigenvalue weighted by Gasteiger charge is -2.14. The lowest BCUT2D eigenvalue weighted by molar-refractivity contribution is 1.20. The average Bonchev–Trinajstić information content (AvgIpc) is 3.45. The summed E-state index contributed by atoms with van der Waals surface area (Å²) in [6.07, 6.45) is 0. The first-order valence-corrected chi connectivity index (χ1v) is 33.7. The highest BCUT2D eigenvalue weighted by Crippen LogP contribution is 2.43. The minimum absolute atomic E-state index is 0.865. The van der Waals surface area contributed by atoms with E-state index in [4.69, 9.17) is 0 Å². The van der Waals surface area contributed by atoms with Gasteiger partial charge in [0.2, 0.25) is 0 Å². The molecule has 0 radical (unpaired) electrons. The molecule has 0 bridgehead atoms. The van der Waals surface area contributed by atoms with Crippen LogP contribution in [0.15, 0.2) is 292 Å². The fraction of sp³-hybridized carbons (Fsp3) is 0.130. The zero-order valence-electron chi connectivity index (χ0n) is 44.6. The van der Waals surface area contributed by atoms with Crippen molar-refractivity contribution < 1.29 is 0 Å². The van der Waals surface area contributed by atoms with Gasteiger partial charge in [0.1, 0.15) is 0 Å². The fourth-order valence-electron chi connectivity index (χ4n) is 8.28. The Balaban J connectivity index is 0.955. The molecular weight excluding hydrogens is 1120 g/mol. The molecule has 0 fully saturated rings. The zero-order chi connectivity index (χ0) is 53.8. The topological polar surface area (TPSA) is 0 Å². The van der Waals surface area contributed by atoms with Gasteiger partial charge in [-0.2, -0.15) is 0 Å². The molecule has 0 atom stereocenters. The van der Waals surface area contributed by atoms with Gasteiger partial charge in [0.15, 0.2) is 0 Å². The zero-order valence-corrected chi connectivity index (χ0v) is 51.9. The molecule has 0 saturated heterocycles. The highest BCUT2D eigenvalue weighted by atomic mass is 32.2. The van der Waals surface area contributed by atoms with Gasteiger partial charge >= 0.3 is 0 Å². The predicted octanol–water partition coefficient (Wildman–Crippen LogP) is 23.3. The summed E-state index contributed by atoms with van der Waals surface area (Å²) in [5, 5.41) is 0. The summed E-state index contributed by atoms with van der Waals surface area (Å²) < 4.78 is 0. The van der Waals surface area contributed by atoms with Crippen LogP contribution in [0, 0.1) is 41.5 Å². The van der Waals surface area contributed by atoms with Crippen molar-refractivity contribution in [2.75, 3.05) is 0 Å². The van der Waals surface area contributed by atoms with Gasteiger partial charge < -0.3 is 0 Å². The van der Waals surface area contributed by atoms with Gasteiger partial charge in [-0.25, -0.2) is 0 Å². The van der Waals surface area contributed by atoms with Crippen molar-refractivity contribution in [1.29, 1.82) is 0 Å². The van der Waals surface area contributed by atoms with Crippen molar-refractivity contribution >= 4 is 106 Å². The molecular formula is C69H60S9. The van der Waals surface area contributed by atoms with Crippen LogP contribution in [0.2, 0.25) is 0 Å². The van der Waals surface area contributed by atoms with Crippen molar-refractivity contribution in [3.63, 3.8) is 0 Å². The normalized spacial score (nSPS) is 11.3. The van der Waals surface area contributed by atoms with E-state index in [0.29, 0.717) is 0 Å². The first-order valence-electron chi connectivity index (χ1n) is 25.8. The van der Waals surface area contributed by atoms with E-state index in [1.54, 1.807) is 0 Å². The maximum atomic E-state index is 2.46. The first kappa shape index (κ1) is 56.6. The Morgan fingerprint density at radius 3 is 0.500 bits per heavy atom. The summed E-state index contributed by atoms with van der Waals surface area (Å²) in [6, 6.07) is 82.1. The van der Waals surface area contributed by atoms with Crippen LogP contribution in [0.5, 0.6) is 0 Å². The van der Waals surface area contributed by atoms with E-state index in [9.17, 15) is 0 Å². The molecule has 390 valence electrons. The van der Waals surface area contributed by atoms with E-state index in [1.807, 2.05) is 106 Å². The van der Waals surface area contributed by atoms with Crippen LogP contribution in [0.25, 0.3) is 0 Å². The predicted molar refractivity (Wildman–Crippen MR) is 346 cm³/mol. The third-order valence-corrected chi connectivity index (χ3v) is 21.4. The smallest absolute Gasteiger partial charge is 0.0232 e. The van der Waals surface area contributed by atoms with Gasteiger partial charge in [-0.1, -0.05) is 195 Å². The van der Waals surface area contributed by atoms with Crippen molar-refractivity contribution in [2.24, 2.45) is 0 Å². The van der Waals surface area contributed by atoms with Gasteiger partial charge in [-0.3, -0.25) is 0 Å². The summed E-state index contributed by atoms with van der Waals surface area (Å²) in [6.45, 7) is 12.9. The Hall–Kier alpha value is -4.65. The maximum absolute atomic E-state index is 2.46. The number of hydrogen-bond donors (Lipinski definition) is 0. The Morgan fingerprint density at radius 1 is 0.179 bits per heavy atom. The monoisotopic (exact) mass is 1180 g/mol. The number of benzene rings is 10. The summed E-state index contributed by atoms with van der Waals surface area (Å²) in [4.78, 5) is 18.9. The maximum Gasteiger partial charge on any atom is 0.0232 e. The molecule has 78 heavy (non-hydrogen) atoms. The van der Waals surface area contributed by atoms with Crippen LogP contribution in [-0.4, -0.2) is 0 Å². The highest BCUT2D eigenvalue weighted by molar-refractivity contribution is 8.02. The van der Waals surface area contributed by atoms with Crippen LogP contribution in [-0.2, 0) is 17.3 Å². The second kappa shape index (κ2) is 27.7. The highest BCUT2D eigenvalue weighted by Gasteiger charge is 2.13. The third kappa shape index (κ3) is 17.4. The molecule has 10 rings (SSSR count). The lowest BCUT2D eigenvalue weighted by atomic mass is 10.1. The van der Waals surface area contributed by atoms with Crippen molar-refractivity contribution in [3.8, 4) is 0 Å². The second-order valence-corrected chi connectivity index (χ2v) is 29.5. The van der Waals surface area contributed by atoms with Crippen LogP contribution in [0.3, 0.4) is 0 Å². The summed E-state index contributed by atoms with van der Waals surface area (Å²) in [7, 11) is 0. The Labute approximate surface area is 501 Å². The molecule has 0 spiro atoms. The molecule has 0 aliphatic rings. The molecule has 0 aromatic heterocycles. The van der Waals surface area contributed by atoms with Gasteiger partial charge in [-0.15, -0.1) is 35.3 Å². The molecule has 0 heterocycles. The lowest BCUT2D eigenvalue weighted by Crippen LogP contribution is -1.92. The number of hydrogen-bond acceptors (Lipinski definition) is 9. The summed E-state index contributed by atoms with van der Waals surface area (Å²) in [5.74, 6) is 2.59. The third-order valence-electron chi connectivity index (χ3n) is 12.4. The van der Waals surface area contributed by atoms with E-state index >= 15 is 0 Å². The fourth-order valence-corrected chi connectivity index (χ4v) is 17.2. The quantitative estimate of drug-likeness (QED) is 0.0640. The Bertz CT molecular complexity index is 3000. The standard InChI is InChI=1S/C69H60S9/c1-46-7-19-55(20-8-46)73-64-34-61(35-65(40-64)74-56-21-9-47(2)10-22-56)70-43-52-31-53(44-71-62-36-66(75-57-23-11-48(3)12-24-57)41-67(37-62)76-58-25-13-49(4)14-26-58)33-54(32-52)45-72-63-38-68(77-59-27-15-50(5)16-28-59)42-69(39-63)78-60-29-17-51(6)18-30-60/h7-42H,43-45H2,1-6H3. The molecule has 0 unspecified atom stereocenters. The van der Waals surface area contributed by atoms with Crippen LogP contribution in [0.1, 0.15) is 50.1 Å². The van der Waals surface area contributed by atoms with Crippen LogP contribution < -0.4 is 0 Å². The van der Waals surface area contributed by atoms with Crippen LogP contribution in [0.4, 0.5) is 0 Å². The van der Waals surface area contributed by atoms with E-state index in [-0.39, 0.29) is 0 Å². The van der Waals surface area contributed by atoms with Crippen molar-refractivity contribution in [1.82, 2.24) is 0 Å². The largest absolute Gasteiger partial charge is 0.121 e. The molecule has 0 amide bonds. The number of rotatable bonds is 21. The average molecular weight is 1180 g/mol. The Morgan fingerprint density at radius 2 is 0.333 bits per heavy atom. The molecule has 0 aliphatic heterocycles. The number of thioether (sulfide) groups is 3. The summed E-state index contributed by atoms with van der Waals surface area (Å²) >= 11 is 16.9. The van der Waals surface area contributed by atoms with E-state index in [0.717, 1.165) is 17.3 Å². The molecule has 0 N–H and O–H groups in total. The second-order valence-electron chi connectivity index (χ2n) is 19.4. The molecule has 0 saturated carbocycles. The van der Waals surface area contributed by atoms with Crippen molar-refractivity contribution in [3.05, 3.63) is 268 Å². The molecule has 9 heteroatoms.